The number of ketones is 1. The largest absolute Gasteiger partial charge is 0.480 e. The summed E-state index contributed by atoms with van der Waals surface area (Å²) in [4.78, 5) is 41.5. The van der Waals surface area contributed by atoms with E-state index < -0.39 is 54.3 Å². The van der Waals surface area contributed by atoms with Crippen LogP contribution in [0.1, 0.15) is 43.5 Å². The molecule has 1 amide bonds. The van der Waals surface area contributed by atoms with Crippen LogP contribution in [0.25, 0.3) is 10.8 Å². The fraction of sp³-hybridized carbons (Fsp3) is 0.360. The summed E-state index contributed by atoms with van der Waals surface area (Å²) in [7, 11) is 0. The molecular weight excluding hydrogens is 470 g/mol. The van der Waals surface area contributed by atoms with Gasteiger partial charge in [0.2, 0.25) is 5.91 Å². The molecule has 0 bridgehead atoms. The predicted molar refractivity (Wildman–Crippen MR) is 132 cm³/mol. The molecule has 186 valence electrons. The molecule has 1 heterocycles. The molecule has 35 heavy (non-hydrogen) atoms. The molecule has 6 N–H and O–H groups in total. The van der Waals surface area contributed by atoms with Gasteiger partial charge in [0.15, 0.2) is 5.78 Å². The first-order chi connectivity index (χ1) is 16.6. The number of nitrogens with zero attached hydrogens (tertiary/aromatic N) is 1. The number of nitrogens with one attached hydrogen (secondary N) is 1. The number of benzene rings is 2. The highest BCUT2D eigenvalue weighted by Crippen LogP contribution is 2.32. The molecule has 0 saturated heterocycles. The molecule has 0 spiro atoms. The zero-order chi connectivity index (χ0) is 25.7. The summed E-state index contributed by atoms with van der Waals surface area (Å²) in [6.45, 7) is 3.29. The number of rotatable bonds is 11. The number of fused-ring (bicyclic) bond motifs is 1. The number of hydrogen-bond donors (Lipinski definition) is 5. The van der Waals surface area contributed by atoms with Gasteiger partial charge in [0.05, 0.1) is 29.6 Å². The van der Waals surface area contributed by atoms with Crippen molar-refractivity contribution in [1.82, 2.24) is 10.3 Å². The Morgan fingerprint density at radius 2 is 1.77 bits per heavy atom. The highest BCUT2D eigenvalue weighted by atomic mass is 32.1. The third-order valence-corrected chi connectivity index (χ3v) is 6.54. The number of aliphatic carboxylic acids is 1. The summed E-state index contributed by atoms with van der Waals surface area (Å²) in [5.74, 6) is -4.14. The molecule has 10 heteroatoms. The zero-order valence-corrected chi connectivity index (χ0v) is 20.2. The van der Waals surface area contributed by atoms with Gasteiger partial charge in [-0.2, -0.15) is 0 Å². The lowest BCUT2D eigenvalue weighted by Gasteiger charge is -2.28. The summed E-state index contributed by atoms with van der Waals surface area (Å²) in [5, 5.41) is 36.6. The number of carbonyl (C=O) groups excluding carboxylic acids is 2. The van der Waals surface area contributed by atoms with Crippen LogP contribution in [-0.2, 0) is 14.4 Å². The Morgan fingerprint density at radius 3 is 2.40 bits per heavy atom. The van der Waals surface area contributed by atoms with Crippen molar-refractivity contribution in [3.8, 4) is 0 Å². The Hall–Kier alpha value is -3.18. The van der Waals surface area contributed by atoms with E-state index in [1.54, 1.807) is 43.5 Å². The lowest BCUT2D eigenvalue weighted by Crippen LogP contribution is -2.49. The number of nitrogens with two attached hydrogens (primary N) is 1. The molecule has 3 rings (SSSR count). The minimum absolute atomic E-state index is 0.275. The Labute approximate surface area is 206 Å². The lowest BCUT2D eigenvalue weighted by molar-refractivity contribution is -0.143. The van der Waals surface area contributed by atoms with Crippen molar-refractivity contribution in [1.29, 1.82) is 0 Å². The molecule has 0 aliphatic carbocycles. The van der Waals surface area contributed by atoms with Crippen molar-refractivity contribution in [3.63, 3.8) is 0 Å². The summed E-state index contributed by atoms with van der Waals surface area (Å²) >= 11 is 1.23. The Bertz CT molecular complexity index is 1180. The van der Waals surface area contributed by atoms with Gasteiger partial charge in [0, 0.05) is 11.4 Å². The second-order valence-corrected chi connectivity index (χ2v) is 9.46. The number of Topliss-reactive ketones (excluding diaryl/α,β-unsaturated/α-hetero) is 1. The molecule has 0 fully saturated rings. The minimum Gasteiger partial charge on any atom is -0.480 e. The molecule has 2 unspecified atom stereocenters. The van der Waals surface area contributed by atoms with E-state index in [1.807, 2.05) is 18.2 Å². The van der Waals surface area contributed by atoms with Crippen LogP contribution < -0.4 is 11.1 Å². The molecule has 2 aromatic carbocycles. The van der Waals surface area contributed by atoms with Crippen LogP contribution in [0.2, 0.25) is 0 Å². The van der Waals surface area contributed by atoms with Gasteiger partial charge in [-0.25, -0.2) is 9.78 Å². The van der Waals surface area contributed by atoms with Gasteiger partial charge in [0.25, 0.3) is 0 Å². The first-order valence-electron chi connectivity index (χ1n) is 11.1. The number of aliphatic hydroxyl groups excluding tert-OH is 2. The molecule has 1 aromatic heterocycles. The minimum atomic E-state index is -1.54. The molecule has 3 aromatic rings. The second kappa shape index (κ2) is 11.5. The van der Waals surface area contributed by atoms with Crippen LogP contribution in [0.4, 0.5) is 0 Å². The fourth-order valence-electron chi connectivity index (χ4n) is 4.01. The van der Waals surface area contributed by atoms with Gasteiger partial charge < -0.3 is 26.4 Å². The monoisotopic (exact) mass is 499 g/mol. The topological polar surface area (TPSA) is 163 Å². The Balaban J connectivity index is 1.84. The van der Waals surface area contributed by atoms with E-state index in [0.717, 1.165) is 5.39 Å². The van der Waals surface area contributed by atoms with E-state index in [0.29, 0.717) is 10.9 Å². The molecule has 0 saturated carbocycles. The third kappa shape index (κ3) is 6.09. The van der Waals surface area contributed by atoms with Gasteiger partial charge in [-0.05, 0) is 22.3 Å². The van der Waals surface area contributed by atoms with Crippen molar-refractivity contribution in [2.24, 2.45) is 11.7 Å². The number of thiazole rings is 1. The zero-order valence-electron chi connectivity index (χ0n) is 19.4. The Kier molecular flexibility index (Phi) is 8.68. The van der Waals surface area contributed by atoms with Crippen LogP contribution in [0.5, 0.6) is 0 Å². The first kappa shape index (κ1) is 26.4. The highest BCUT2D eigenvalue weighted by molar-refractivity contribution is 7.07. The van der Waals surface area contributed by atoms with Crippen LogP contribution in [0, 0.1) is 5.92 Å². The van der Waals surface area contributed by atoms with Crippen molar-refractivity contribution in [3.05, 3.63) is 64.6 Å². The quantitative estimate of drug-likeness (QED) is 0.267. The standard InChI is InChI=1S/C25H29N3O6S/c1-13(2)22(25(33)34)28-19(30)10-18(29)21(26)20(17-11-35-12-27-17)24(32)23(31)16-9-5-7-14-6-3-4-8-15(14)16/h3-9,11-13,18,20-23,29,31H,10,26H2,1-2H3,(H,28,30)(H,33,34)/t18-,20?,21+,22-,23?/m0/s1. The summed E-state index contributed by atoms with van der Waals surface area (Å²) < 4.78 is 0. The average Bonchev–Trinajstić information content (AvgIpc) is 3.35. The average molecular weight is 500 g/mol. The second-order valence-electron chi connectivity index (χ2n) is 8.74. The van der Waals surface area contributed by atoms with E-state index in [-0.39, 0.29) is 11.6 Å². The predicted octanol–water partition coefficient (Wildman–Crippen LogP) is 1.99. The van der Waals surface area contributed by atoms with Crippen molar-refractivity contribution < 1.29 is 29.7 Å². The fourth-order valence-corrected chi connectivity index (χ4v) is 4.60. The van der Waals surface area contributed by atoms with Gasteiger partial charge in [-0.1, -0.05) is 56.3 Å². The number of hydrogen-bond acceptors (Lipinski definition) is 8. The number of carboxylic acid groups (broad SMARTS) is 1. The number of carboxylic acids is 1. The molecule has 0 aliphatic heterocycles. The first-order valence-corrected chi connectivity index (χ1v) is 12.1. The van der Waals surface area contributed by atoms with Gasteiger partial charge in [-0.3, -0.25) is 9.59 Å². The molecule has 9 nitrogen and oxygen atoms in total. The molecule has 0 radical (unpaired) electrons. The summed E-state index contributed by atoms with van der Waals surface area (Å²) in [6.07, 6.45) is -3.56. The maximum absolute atomic E-state index is 13.5. The number of carbonyl (C=O) groups is 3. The van der Waals surface area contributed by atoms with Gasteiger partial charge >= 0.3 is 5.97 Å². The smallest absolute Gasteiger partial charge is 0.326 e. The van der Waals surface area contributed by atoms with Gasteiger partial charge in [-0.15, -0.1) is 11.3 Å². The van der Waals surface area contributed by atoms with Crippen LogP contribution in [0.15, 0.2) is 53.4 Å². The maximum Gasteiger partial charge on any atom is 0.326 e. The number of aromatic nitrogens is 1. The van der Waals surface area contributed by atoms with E-state index in [4.69, 9.17) is 5.73 Å². The lowest BCUT2D eigenvalue weighted by atomic mass is 9.83. The SMILES string of the molecule is CC(C)[C@H](NC(=O)C[C@H](O)[C@@H](N)C(C(=O)C(O)c1cccc2ccccc12)c1cscn1)C(=O)O. The summed E-state index contributed by atoms with van der Waals surface area (Å²) in [6, 6.07) is 10.2. The molecular formula is C25H29N3O6S. The normalized spacial score (nSPS) is 15.8. The maximum atomic E-state index is 13.5. The van der Waals surface area contributed by atoms with Crippen molar-refractivity contribution in [2.75, 3.05) is 0 Å². The molecule has 5 atom stereocenters. The van der Waals surface area contributed by atoms with E-state index in [2.05, 4.69) is 10.3 Å². The van der Waals surface area contributed by atoms with E-state index in [9.17, 15) is 29.7 Å². The van der Waals surface area contributed by atoms with E-state index in [1.165, 1.54) is 16.8 Å². The Morgan fingerprint density at radius 1 is 1.09 bits per heavy atom. The van der Waals surface area contributed by atoms with Crippen LogP contribution in [0.3, 0.4) is 0 Å². The van der Waals surface area contributed by atoms with Crippen LogP contribution >= 0.6 is 11.3 Å². The summed E-state index contributed by atoms with van der Waals surface area (Å²) in [5.41, 5.74) is 8.45. The van der Waals surface area contributed by atoms with Gasteiger partial charge in [0.1, 0.15) is 12.1 Å². The number of amides is 1. The van der Waals surface area contributed by atoms with Crippen LogP contribution in [-0.4, -0.2) is 56.2 Å². The number of aliphatic hydroxyl groups is 2. The molecule has 0 aliphatic rings. The third-order valence-electron chi connectivity index (χ3n) is 5.94. The van der Waals surface area contributed by atoms with Crippen molar-refractivity contribution in [2.45, 2.75) is 50.5 Å². The van der Waals surface area contributed by atoms with Crippen molar-refractivity contribution >= 4 is 39.8 Å². The highest BCUT2D eigenvalue weighted by Gasteiger charge is 2.38. The van der Waals surface area contributed by atoms with E-state index >= 15 is 0 Å².